The molecule has 2 nitrogen and oxygen atoms in total. The molecule has 94 valence electrons. The van der Waals surface area contributed by atoms with Crippen LogP contribution in [-0.2, 0) is 11.2 Å². The van der Waals surface area contributed by atoms with Crippen molar-refractivity contribution in [1.82, 2.24) is 0 Å². The molecule has 1 unspecified atom stereocenters. The molecule has 1 aliphatic heterocycles. The Morgan fingerprint density at radius 2 is 2.12 bits per heavy atom. The second-order valence-electron chi connectivity index (χ2n) is 4.70. The minimum atomic E-state index is 0.735. The van der Waals surface area contributed by atoms with E-state index < -0.39 is 0 Å². The van der Waals surface area contributed by atoms with Gasteiger partial charge >= 0.3 is 0 Å². The van der Waals surface area contributed by atoms with E-state index in [0.717, 1.165) is 37.9 Å². The van der Waals surface area contributed by atoms with Gasteiger partial charge in [-0.2, -0.15) is 0 Å². The van der Waals surface area contributed by atoms with Crippen LogP contribution in [0.5, 0.6) is 5.75 Å². The summed E-state index contributed by atoms with van der Waals surface area (Å²) in [4.78, 5) is 0. The molecule has 1 fully saturated rings. The van der Waals surface area contributed by atoms with Crippen molar-refractivity contribution in [2.24, 2.45) is 5.92 Å². The van der Waals surface area contributed by atoms with Crippen LogP contribution < -0.4 is 4.74 Å². The van der Waals surface area contributed by atoms with Crippen LogP contribution in [0.2, 0.25) is 0 Å². The molecule has 17 heavy (non-hydrogen) atoms. The fourth-order valence-electron chi connectivity index (χ4n) is 2.32. The van der Waals surface area contributed by atoms with Crippen molar-refractivity contribution < 1.29 is 9.47 Å². The Morgan fingerprint density at radius 1 is 1.29 bits per heavy atom. The lowest BCUT2D eigenvalue weighted by molar-refractivity contribution is 0.0518. The third-order valence-corrected chi connectivity index (χ3v) is 3.33. The van der Waals surface area contributed by atoms with Gasteiger partial charge in [0.15, 0.2) is 0 Å². The molecule has 1 aromatic carbocycles. The summed E-state index contributed by atoms with van der Waals surface area (Å²) in [7, 11) is 0. The Morgan fingerprint density at radius 3 is 2.76 bits per heavy atom. The van der Waals surface area contributed by atoms with Gasteiger partial charge in [0.1, 0.15) is 5.75 Å². The normalized spacial score (nSPS) is 20.2. The van der Waals surface area contributed by atoms with Crippen LogP contribution in [0.1, 0.15) is 31.7 Å². The first-order valence-electron chi connectivity index (χ1n) is 6.68. The predicted octanol–water partition coefficient (Wildman–Crippen LogP) is 3.44. The fraction of sp³-hybridized carbons (Fsp3) is 0.600. The van der Waals surface area contributed by atoms with E-state index in [1.807, 2.05) is 6.92 Å². The topological polar surface area (TPSA) is 18.5 Å². The number of hydrogen-bond donors (Lipinski definition) is 0. The van der Waals surface area contributed by atoms with Crippen LogP contribution in [0.3, 0.4) is 0 Å². The molecule has 0 radical (unpaired) electrons. The van der Waals surface area contributed by atoms with Gasteiger partial charge in [-0.3, -0.25) is 0 Å². The van der Waals surface area contributed by atoms with E-state index in [1.54, 1.807) is 0 Å². The smallest absolute Gasteiger partial charge is 0.119 e. The average Bonchev–Trinajstić information content (AvgIpc) is 2.40. The fourth-order valence-corrected chi connectivity index (χ4v) is 2.32. The molecule has 0 bridgehead atoms. The van der Waals surface area contributed by atoms with Gasteiger partial charge < -0.3 is 9.47 Å². The maximum Gasteiger partial charge on any atom is 0.119 e. The molecule has 0 N–H and O–H groups in total. The molecule has 1 aromatic rings. The highest BCUT2D eigenvalue weighted by Crippen LogP contribution is 2.20. The monoisotopic (exact) mass is 234 g/mol. The van der Waals surface area contributed by atoms with Crippen molar-refractivity contribution in [3.63, 3.8) is 0 Å². The van der Waals surface area contributed by atoms with E-state index in [-0.39, 0.29) is 0 Å². The first-order chi connectivity index (χ1) is 8.38. The summed E-state index contributed by atoms with van der Waals surface area (Å²) in [6.07, 6.45) is 4.96. The Hall–Kier alpha value is -1.02. The summed E-state index contributed by atoms with van der Waals surface area (Å²) in [5.74, 6) is 1.73. The number of hydrogen-bond acceptors (Lipinski definition) is 2. The summed E-state index contributed by atoms with van der Waals surface area (Å²) in [5.41, 5.74) is 1.40. The van der Waals surface area contributed by atoms with Crippen LogP contribution in [0, 0.1) is 5.92 Å². The zero-order valence-corrected chi connectivity index (χ0v) is 10.7. The minimum absolute atomic E-state index is 0.735. The second-order valence-corrected chi connectivity index (χ2v) is 4.70. The molecule has 2 rings (SSSR count). The molecule has 1 aliphatic rings. The zero-order valence-electron chi connectivity index (χ0n) is 10.7. The lowest BCUT2D eigenvalue weighted by atomic mass is 9.94. The standard InChI is InChI=1S/C15H22O2/c1-2-17-15-9-7-13(8-10-15)5-6-14-4-3-11-16-12-14/h7-10,14H,2-6,11-12H2,1H3. The van der Waals surface area contributed by atoms with Crippen LogP contribution in [0.4, 0.5) is 0 Å². The van der Waals surface area contributed by atoms with E-state index in [2.05, 4.69) is 24.3 Å². The number of benzene rings is 1. The van der Waals surface area contributed by atoms with Crippen molar-refractivity contribution in [2.75, 3.05) is 19.8 Å². The minimum Gasteiger partial charge on any atom is -0.494 e. The highest BCUT2D eigenvalue weighted by molar-refractivity contribution is 5.27. The Labute approximate surface area is 104 Å². The van der Waals surface area contributed by atoms with Crippen molar-refractivity contribution >= 4 is 0 Å². The molecule has 2 heteroatoms. The molecule has 0 aliphatic carbocycles. The third kappa shape index (κ3) is 4.04. The highest BCUT2D eigenvalue weighted by Gasteiger charge is 2.13. The summed E-state index contributed by atoms with van der Waals surface area (Å²) < 4.78 is 10.9. The summed E-state index contributed by atoms with van der Waals surface area (Å²) in [5, 5.41) is 0. The predicted molar refractivity (Wildman–Crippen MR) is 69.5 cm³/mol. The lowest BCUT2D eigenvalue weighted by Gasteiger charge is -2.21. The average molecular weight is 234 g/mol. The quantitative estimate of drug-likeness (QED) is 0.777. The lowest BCUT2D eigenvalue weighted by Crippen LogP contribution is -2.17. The van der Waals surface area contributed by atoms with Crippen molar-refractivity contribution in [2.45, 2.75) is 32.6 Å². The molecule has 1 atom stereocenters. The maximum atomic E-state index is 5.50. The highest BCUT2D eigenvalue weighted by atomic mass is 16.5. The molecule has 1 heterocycles. The van der Waals surface area contributed by atoms with Crippen molar-refractivity contribution in [1.29, 1.82) is 0 Å². The van der Waals surface area contributed by atoms with Gasteiger partial charge in [-0.15, -0.1) is 0 Å². The summed E-state index contributed by atoms with van der Waals surface area (Å²) in [6.45, 7) is 4.66. The summed E-state index contributed by atoms with van der Waals surface area (Å²) in [6, 6.07) is 8.48. The van der Waals surface area contributed by atoms with E-state index >= 15 is 0 Å². The SMILES string of the molecule is CCOc1ccc(CCC2CCCOC2)cc1. The number of rotatable bonds is 5. The molecule has 0 amide bonds. The Bertz CT molecular complexity index is 312. The van der Waals surface area contributed by atoms with Gasteiger partial charge in [-0.05, 0) is 56.2 Å². The second kappa shape index (κ2) is 6.65. The largest absolute Gasteiger partial charge is 0.494 e. The Kier molecular flexibility index (Phi) is 4.87. The van der Waals surface area contributed by atoms with Gasteiger partial charge in [0.25, 0.3) is 0 Å². The maximum absolute atomic E-state index is 5.50. The van der Waals surface area contributed by atoms with Gasteiger partial charge in [0.2, 0.25) is 0 Å². The van der Waals surface area contributed by atoms with Gasteiger partial charge in [0, 0.05) is 13.2 Å². The van der Waals surface area contributed by atoms with Crippen molar-refractivity contribution in [3.05, 3.63) is 29.8 Å². The zero-order chi connectivity index (χ0) is 11.9. The Balaban J connectivity index is 1.77. The van der Waals surface area contributed by atoms with E-state index in [9.17, 15) is 0 Å². The van der Waals surface area contributed by atoms with E-state index in [4.69, 9.17) is 9.47 Å². The van der Waals surface area contributed by atoms with E-state index in [1.165, 1.54) is 24.8 Å². The van der Waals surface area contributed by atoms with Crippen LogP contribution in [-0.4, -0.2) is 19.8 Å². The molecule has 1 saturated heterocycles. The van der Waals surface area contributed by atoms with Gasteiger partial charge in [0.05, 0.1) is 6.61 Å². The molecular weight excluding hydrogens is 212 g/mol. The van der Waals surface area contributed by atoms with E-state index in [0.29, 0.717) is 0 Å². The molecule has 0 saturated carbocycles. The molecule has 0 spiro atoms. The van der Waals surface area contributed by atoms with Crippen LogP contribution in [0.15, 0.2) is 24.3 Å². The van der Waals surface area contributed by atoms with Gasteiger partial charge in [-0.25, -0.2) is 0 Å². The van der Waals surface area contributed by atoms with Gasteiger partial charge in [-0.1, -0.05) is 12.1 Å². The first-order valence-corrected chi connectivity index (χ1v) is 6.68. The first kappa shape index (κ1) is 12.4. The summed E-state index contributed by atoms with van der Waals surface area (Å²) >= 11 is 0. The third-order valence-electron chi connectivity index (χ3n) is 3.33. The molecular formula is C15H22O2. The number of ether oxygens (including phenoxy) is 2. The van der Waals surface area contributed by atoms with Crippen LogP contribution in [0.25, 0.3) is 0 Å². The number of aryl methyl sites for hydroxylation is 1. The molecule has 0 aromatic heterocycles. The van der Waals surface area contributed by atoms with Crippen LogP contribution >= 0.6 is 0 Å². The van der Waals surface area contributed by atoms with Crippen molar-refractivity contribution in [3.8, 4) is 5.75 Å².